The summed E-state index contributed by atoms with van der Waals surface area (Å²) in [4.78, 5) is 28.3. The predicted molar refractivity (Wildman–Crippen MR) is 144 cm³/mol. The van der Waals surface area contributed by atoms with Crippen molar-refractivity contribution in [2.75, 3.05) is 19.9 Å². The number of nitrogens with zero attached hydrogens (tertiary/aromatic N) is 2. The highest BCUT2D eigenvalue weighted by molar-refractivity contribution is 7.89. The Labute approximate surface area is 235 Å². The van der Waals surface area contributed by atoms with E-state index in [0.717, 1.165) is 15.4 Å². The minimum atomic E-state index is -4.25. The molecule has 1 unspecified atom stereocenters. The molecule has 2 heterocycles. The number of nitrogens with two attached hydrogens (primary N) is 1. The second kappa shape index (κ2) is 11.0. The average Bonchev–Trinajstić information content (AvgIpc) is 3.60. The third-order valence-electron chi connectivity index (χ3n) is 6.44. The van der Waals surface area contributed by atoms with Crippen molar-refractivity contribution in [3.05, 3.63) is 87.4 Å². The zero-order valence-corrected chi connectivity index (χ0v) is 22.8. The van der Waals surface area contributed by atoms with Crippen LogP contribution in [-0.2, 0) is 27.9 Å². The lowest BCUT2D eigenvalue weighted by atomic mass is 10.1. The molecule has 204 valence electrons. The van der Waals surface area contributed by atoms with E-state index in [-0.39, 0.29) is 46.9 Å². The van der Waals surface area contributed by atoms with Gasteiger partial charge in [-0.2, -0.15) is 4.31 Å². The van der Waals surface area contributed by atoms with E-state index in [1.54, 1.807) is 12.1 Å². The maximum atomic E-state index is 13.7. The first-order chi connectivity index (χ1) is 18.7. The number of benzene rings is 3. The quantitative estimate of drug-likeness (QED) is 0.432. The minimum absolute atomic E-state index is 0.0193. The van der Waals surface area contributed by atoms with Gasteiger partial charge in [-0.3, -0.25) is 9.59 Å². The number of carbonyl (C=O) groups excluding carboxylic acids is 2. The van der Waals surface area contributed by atoms with E-state index in [2.05, 4.69) is 5.32 Å². The van der Waals surface area contributed by atoms with Crippen molar-refractivity contribution >= 4 is 45.0 Å². The fourth-order valence-corrected chi connectivity index (χ4v) is 6.39. The van der Waals surface area contributed by atoms with Crippen LogP contribution in [-0.4, -0.2) is 55.5 Å². The molecule has 10 nitrogen and oxygen atoms in total. The van der Waals surface area contributed by atoms with Gasteiger partial charge in [-0.1, -0.05) is 47.5 Å². The highest BCUT2D eigenvalue weighted by atomic mass is 35.5. The molecule has 13 heteroatoms. The van der Waals surface area contributed by atoms with Crippen molar-refractivity contribution in [2.24, 2.45) is 5.73 Å². The smallest absolute Gasteiger partial charge is 0.259 e. The fourth-order valence-electron chi connectivity index (χ4n) is 4.46. The topological polar surface area (TPSA) is 131 Å². The molecule has 1 fully saturated rings. The number of rotatable bonds is 7. The Morgan fingerprint density at radius 1 is 0.949 bits per heavy atom. The van der Waals surface area contributed by atoms with Gasteiger partial charge in [0.05, 0.1) is 14.9 Å². The number of hydrogen-bond donors (Lipinski definition) is 2. The highest BCUT2D eigenvalue weighted by Crippen LogP contribution is 2.34. The van der Waals surface area contributed by atoms with E-state index < -0.39 is 28.0 Å². The van der Waals surface area contributed by atoms with Gasteiger partial charge < -0.3 is 25.4 Å². The molecule has 3 aromatic carbocycles. The third-order valence-corrected chi connectivity index (χ3v) is 9.02. The van der Waals surface area contributed by atoms with Gasteiger partial charge in [0, 0.05) is 31.7 Å². The molecule has 1 saturated heterocycles. The molecule has 39 heavy (non-hydrogen) atoms. The number of ether oxygens (including phenoxy) is 2. The van der Waals surface area contributed by atoms with Crippen LogP contribution in [0.2, 0.25) is 10.0 Å². The second-order valence-electron chi connectivity index (χ2n) is 8.87. The van der Waals surface area contributed by atoms with E-state index >= 15 is 0 Å². The molecule has 1 atom stereocenters. The Morgan fingerprint density at radius 3 is 2.49 bits per heavy atom. The Bertz CT molecular complexity index is 1550. The zero-order valence-electron chi connectivity index (χ0n) is 20.5. The van der Waals surface area contributed by atoms with Crippen LogP contribution in [0.15, 0.2) is 65.6 Å². The van der Waals surface area contributed by atoms with Gasteiger partial charge in [-0.05, 0) is 47.5 Å². The minimum Gasteiger partial charge on any atom is -0.454 e. The summed E-state index contributed by atoms with van der Waals surface area (Å²) >= 11 is 12.1. The number of amides is 2. The summed E-state index contributed by atoms with van der Waals surface area (Å²) in [5, 5.41) is 3.01. The summed E-state index contributed by atoms with van der Waals surface area (Å²) in [6, 6.07) is 15.9. The summed E-state index contributed by atoms with van der Waals surface area (Å²) in [5.41, 5.74) is 7.60. The average molecular weight is 591 g/mol. The molecule has 0 aliphatic carbocycles. The number of nitrogens with one attached hydrogen (secondary N) is 1. The molecule has 0 bridgehead atoms. The van der Waals surface area contributed by atoms with Gasteiger partial charge in [0.1, 0.15) is 0 Å². The van der Waals surface area contributed by atoms with E-state index in [4.69, 9.17) is 38.4 Å². The van der Waals surface area contributed by atoms with E-state index in [1.807, 2.05) is 24.3 Å². The van der Waals surface area contributed by atoms with Crippen LogP contribution in [0.5, 0.6) is 11.5 Å². The van der Waals surface area contributed by atoms with Gasteiger partial charge >= 0.3 is 0 Å². The first kappa shape index (κ1) is 27.2. The third kappa shape index (κ3) is 5.41. The lowest BCUT2D eigenvalue weighted by molar-refractivity contribution is -0.127. The van der Waals surface area contributed by atoms with Gasteiger partial charge in [0.15, 0.2) is 17.7 Å². The molecular weight excluding hydrogens is 567 g/mol. The molecule has 2 aliphatic rings. The molecule has 0 saturated carbocycles. The van der Waals surface area contributed by atoms with Crippen LogP contribution in [0.25, 0.3) is 0 Å². The molecule has 3 aromatic rings. The van der Waals surface area contributed by atoms with Crippen molar-refractivity contribution < 1.29 is 27.5 Å². The number of halogens is 2. The molecule has 2 aliphatic heterocycles. The summed E-state index contributed by atoms with van der Waals surface area (Å²) < 4.78 is 39.0. The monoisotopic (exact) mass is 590 g/mol. The van der Waals surface area contributed by atoms with Crippen molar-refractivity contribution in [2.45, 2.75) is 24.2 Å². The predicted octanol–water partition coefficient (Wildman–Crippen LogP) is 2.97. The summed E-state index contributed by atoms with van der Waals surface area (Å²) in [5.74, 6) is -0.319. The molecule has 0 spiro atoms. The van der Waals surface area contributed by atoms with Crippen LogP contribution in [0.1, 0.15) is 21.5 Å². The summed E-state index contributed by atoms with van der Waals surface area (Å²) in [7, 11) is -4.25. The Hall–Kier alpha value is -3.35. The van der Waals surface area contributed by atoms with Crippen molar-refractivity contribution in [3.63, 3.8) is 0 Å². The highest BCUT2D eigenvalue weighted by Gasteiger charge is 2.46. The molecule has 2 amide bonds. The van der Waals surface area contributed by atoms with Crippen LogP contribution >= 0.6 is 23.2 Å². The standard InChI is InChI=1S/C26H24Cl2N4O6S/c27-20-6-5-19(12-21(20)28)39(35,36)32-9-8-31(26(34)18-4-7-22-23(11-18)38-15-37-22)25(32)24(33)30-14-17-3-1-2-16(10-17)13-29/h1-7,10-12,25H,8-9,13-15,29H2,(H,30,33). The van der Waals surface area contributed by atoms with Crippen molar-refractivity contribution in [1.82, 2.24) is 14.5 Å². The zero-order chi connectivity index (χ0) is 27.7. The van der Waals surface area contributed by atoms with Gasteiger partial charge in [-0.25, -0.2) is 8.42 Å². The first-order valence-electron chi connectivity index (χ1n) is 11.9. The lowest BCUT2D eigenvalue weighted by Crippen LogP contribution is -2.53. The molecular formula is C26H24Cl2N4O6S. The second-order valence-corrected chi connectivity index (χ2v) is 11.6. The lowest BCUT2D eigenvalue weighted by Gasteiger charge is -2.29. The SMILES string of the molecule is NCc1cccc(CNC(=O)C2N(C(=O)c3ccc4c(c3)OCO4)CCN2S(=O)(=O)c2ccc(Cl)c(Cl)c2)c1. The maximum Gasteiger partial charge on any atom is 0.259 e. The number of hydrogen-bond acceptors (Lipinski definition) is 7. The number of sulfonamides is 1. The van der Waals surface area contributed by atoms with Crippen molar-refractivity contribution in [1.29, 1.82) is 0 Å². The first-order valence-corrected chi connectivity index (χ1v) is 14.1. The van der Waals surface area contributed by atoms with E-state index in [1.165, 1.54) is 29.2 Å². The fraction of sp³-hybridized carbons (Fsp3) is 0.231. The van der Waals surface area contributed by atoms with Gasteiger partial charge in [0.2, 0.25) is 16.8 Å². The maximum absolute atomic E-state index is 13.7. The van der Waals surface area contributed by atoms with Crippen LogP contribution in [0.3, 0.4) is 0 Å². The summed E-state index contributed by atoms with van der Waals surface area (Å²) in [6.45, 7) is 0.338. The molecule has 3 N–H and O–H groups in total. The molecule has 0 radical (unpaired) electrons. The normalized spacial score (nSPS) is 16.9. The van der Waals surface area contributed by atoms with Crippen LogP contribution < -0.4 is 20.5 Å². The van der Waals surface area contributed by atoms with E-state index in [9.17, 15) is 18.0 Å². The van der Waals surface area contributed by atoms with Crippen LogP contribution in [0.4, 0.5) is 0 Å². The van der Waals surface area contributed by atoms with Crippen molar-refractivity contribution in [3.8, 4) is 11.5 Å². The van der Waals surface area contributed by atoms with Crippen LogP contribution in [0, 0.1) is 0 Å². The molecule has 5 rings (SSSR count). The molecule has 0 aromatic heterocycles. The van der Waals surface area contributed by atoms with Gasteiger partial charge in [0.25, 0.3) is 11.8 Å². The Balaban J connectivity index is 1.46. The Morgan fingerprint density at radius 2 is 1.72 bits per heavy atom. The van der Waals surface area contributed by atoms with Gasteiger partial charge in [-0.15, -0.1) is 0 Å². The summed E-state index contributed by atoms with van der Waals surface area (Å²) in [6.07, 6.45) is -1.46. The Kier molecular flexibility index (Phi) is 7.70. The van der Waals surface area contributed by atoms with E-state index in [0.29, 0.717) is 18.0 Å². The number of carbonyl (C=O) groups is 2. The number of fused-ring (bicyclic) bond motifs is 1. The largest absolute Gasteiger partial charge is 0.454 e.